The van der Waals surface area contributed by atoms with E-state index in [-0.39, 0.29) is 5.92 Å². The topological polar surface area (TPSA) is 0 Å². The standard InChI is InChI=1S/C18H32F2Si/c1-2-3-4-11-21-12-9-17(10-13-21)16-7-5-15(6-8-16)14-18(19)20/h14-17,21H,2-13H2,1H3. The van der Waals surface area contributed by atoms with Gasteiger partial charge in [-0.15, -0.1) is 0 Å². The van der Waals surface area contributed by atoms with E-state index >= 15 is 0 Å². The smallest absolute Gasteiger partial charge is 0.174 e. The van der Waals surface area contributed by atoms with Crippen molar-refractivity contribution in [3.05, 3.63) is 12.2 Å². The Morgan fingerprint density at radius 3 is 2.14 bits per heavy atom. The molecule has 0 radical (unpaired) electrons. The summed E-state index contributed by atoms with van der Waals surface area (Å²) in [7, 11) is -0.391. The molecule has 0 N–H and O–H groups in total. The van der Waals surface area contributed by atoms with Gasteiger partial charge in [0.25, 0.3) is 6.08 Å². The van der Waals surface area contributed by atoms with E-state index in [0.29, 0.717) is 0 Å². The summed E-state index contributed by atoms with van der Waals surface area (Å²) in [6.07, 6.45) is 11.3. The molecule has 0 nitrogen and oxygen atoms in total. The molecule has 2 rings (SSSR count). The van der Waals surface area contributed by atoms with Crippen molar-refractivity contribution in [3.8, 4) is 0 Å². The molecule has 0 bridgehead atoms. The minimum absolute atomic E-state index is 0.158. The summed E-state index contributed by atoms with van der Waals surface area (Å²) >= 11 is 0. The molecule has 122 valence electrons. The summed E-state index contributed by atoms with van der Waals surface area (Å²) in [5, 5.41) is 0. The van der Waals surface area contributed by atoms with E-state index in [2.05, 4.69) is 6.92 Å². The van der Waals surface area contributed by atoms with Gasteiger partial charge in [0.1, 0.15) is 0 Å². The van der Waals surface area contributed by atoms with Crippen LogP contribution in [-0.2, 0) is 0 Å². The van der Waals surface area contributed by atoms with Gasteiger partial charge in [-0.05, 0) is 49.5 Å². The SMILES string of the molecule is CCCCC[SiH]1CCC(C2CCC(C=C(F)F)CC2)CC1. The first kappa shape index (κ1) is 17.2. The van der Waals surface area contributed by atoms with Crippen LogP contribution in [0, 0.1) is 17.8 Å². The lowest BCUT2D eigenvalue weighted by molar-refractivity contribution is 0.206. The van der Waals surface area contributed by atoms with E-state index in [4.69, 9.17) is 0 Å². The Morgan fingerprint density at radius 1 is 0.952 bits per heavy atom. The summed E-state index contributed by atoms with van der Waals surface area (Å²) in [4.78, 5) is 0. The molecule has 1 saturated carbocycles. The van der Waals surface area contributed by atoms with Gasteiger partial charge in [-0.3, -0.25) is 0 Å². The highest BCUT2D eigenvalue weighted by Gasteiger charge is 2.30. The van der Waals surface area contributed by atoms with Crippen molar-refractivity contribution in [2.45, 2.75) is 82.8 Å². The van der Waals surface area contributed by atoms with E-state index in [0.717, 1.165) is 24.7 Å². The van der Waals surface area contributed by atoms with E-state index in [1.807, 2.05) is 0 Å². The van der Waals surface area contributed by atoms with E-state index in [9.17, 15) is 8.78 Å². The van der Waals surface area contributed by atoms with E-state index < -0.39 is 14.9 Å². The molecule has 21 heavy (non-hydrogen) atoms. The zero-order valence-corrected chi connectivity index (χ0v) is 14.8. The summed E-state index contributed by atoms with van der Waals surface area (Å²) in [5.41, 5.74) is 0. The van der Waals surface area contributed by atoms with Gasteiger partial charge in [0, 0.05) is 8.80 Å². The van der Waals surface area contributed by atoms with Gasteiger partial charge in [0.05, 0.1) is 0 Å². The molecule has 0 aromatic heterocycles. The Balaban J connectivity index is 1.66. The number of rotatable bonds is 6. The van der Waals surface area contributed by atoms with Crippen molar-refractivity contribution in [2.75, 3.05) is 0 Å². The van der Waals surface area contributed by atoms with Crippen LogP contribution >= 0.6 is 0 Å². The van der Waals surface area contributed by atoms with Crippen molar-refractivity contribution in [2.24, 2.45) is 17.8 Å². The Labute approximate surface area is 131 Å². The fourth-order valence-corrected chi connectivity index (χ4v) is 8.12. The number of allylic oxidation sites excluding steroid dienone is 1. The van der Waals surface area contributed by atoms with Crippen LogP contribution < -0.4 is 0 Å². The zero-order chi connectivity index (χ0) is 15.1. The van der Waals surface area contributed by atoms with Gasteiger partial charge >= 0.3 is 0 Å². The van der Waals surface area contributed by atoms with E-state index in [1.165, 1.54) is 51.0 Å². The second-order valence-corrected chi connectivity index (χ2v) is 10.9. The first-order valence-corrected chi connectivity index (χ1v) is 11.7. The maximum Gasteiger partial charge on any atom is 0.266 e. The predicted molar refractivity (Wildman–Crippen MR) is 89.6 cm³/mol. The van der Waals surface area contributed by atoms with Gasteiger partial charge in [-0.1, -0.05) is 57.2 Å². The molecule has 1 aliphatic heterocycles. The fraction of sp³-hybridized carbons (Fsp3) is 0.889. The van der Waals surface area contributed by atoms with Gasteiger partial charge in [-0.2, -0.15) is 8.78 Å². The van der Waals surface area contributed by atoms with Gasteiger partial charge < -0.3 is 0 Å². The summed E-state index contributed by atoms with van der Waals surface area (Å²) in [5.74, 6) is 1.94. The Morgan fingerprint density at radius 2 is 1.57 bits per heavy atom. The molecule has 1 heterocycles. The van der Waals surface area contributed by atoms with E-state index in [1.54, 1.807) is 18.1 Å². The molecule has 0 unspecified atom stereocenters. The maximum absolute atomic E-state index is 12.3. The lowest BCUT2D eigenvalue weighted by atomic mass is 9.74. The Bertz CT molecular complexity index is 309. The van der Waals surface area contributed by atoms with Crippen molar-refractivity contribution in [3.63, 3.8) is 0 Å². The molecule has 1 aliphatic carbocycles. The molecular weight excluding hydrogens is 282 g/mol. The molecule has 0 aromatic rings. The average molecular weight is 315 g/mol. The molecule has 0 amide bonds. The third kappa shape index (κ3) is 5.84. The van der Waals surface area contributed by atoms with Crippen molar-refractivity contribution in [1.29, 1.82) is 0 Å². The molecule has 0 spiro atoms. The van der Waals surface area contributed by atoms with Gasteiger partial charge in [0.15, 0.2) is 0 Å². The summed E-state index contributed by atoms with van der Waals surface area (Å²) in [6, 6.07) is 4.70. The first-order chi connectivity index (χ1) is 10.2. The molecule has 1 saturated heterocycles. The fourth-order valence-electron chi connectivity index (χ4n) is 4.59. The largest absolute Gasteiger partial charge is 0.266 e. The Kier molecular flexibility index (Phi) is 7.42. The summed E-state index contributed by atoms with van der Waals surface area (Å²) in [6.45, 7) is 2.29. The van der Waals surface area contributed by atoms with Crippen LogP contribution in [0.2, 0.25) is 18.1 Å². The number of hydrogen-bond donors (Lipinski definition) is 0. The number of hydrogen-bond acceptors (Lipinski definition) is 0. The third-order valence-corrected chi connectivity index (χ3v) is 9.48. The van der Waals surface area contributed by atoms with Crippen molar-refractivity contribution in [1.82, 2.24) is 0 Å². The minimum atomic E-state index is -1.47. The van der Waals surface area contributed by atoms with Gasteiger partial charge in [0.2, 0.25) is 0 Å². The summed E-state index contributed by atoms with van der Waals surface area (Å²) < 4.78 is 24.6. The van der Waals surface area contributed by atoms with Crippen molar-refractivity contribution >= 4 is 8.80 Å². The van der Waals surface area contributed by atoms with Crippen LogP contribution in [0.1, 0.15) is 64.7 Å². The van der Waals surface area contributed by atoms with Crippen LogP contribution in [0.3, 0.4) is 0 Å². The van der Waals surface area contributed by atoms with Crippen LogP contribution in [0.25, 0.3) is 0 Å². The molecule has 0 aromatic carbocycles. The lowest BCUT2D eigenvalue weighted by Gasteiger charge is -2.37. The minimum Gasteiger partial charge on any atom is -0.174 e. The molecule has 3 heteroatoms. The highest BCUT2D eigenvalue weighted by Crippen LogP contribution is 2.41. The van der Waals surface area contributed by atoms with Crippen LogP contribution in [0.15, 0.2) is 12.2 Å². The molecule has 2 fully saturated rings. The second-order valence-electron chi connectivity index (χ2n) is 7.41. The molecule has 2 aliphatic rings. The molecule has 0 atom stereocenters. The highest BCUT2D eigenvalue weighted by atomic mass is 28.3. The second kappa shape index (κ2) is 9.07. The normalized spacial score (nSPS) is 33.7. The predicted octanol–water partition coefficient (Wildman–Crippen LogP) is 6.40. The zero-order valence-electron chi connectivity index (χ0n) is 13.6. The Hall–Kier alpha value is -0.183. The average Bonchev–Trinajstić information content (AvgIpc) is 2.49. The van der Waals surface area contributed by atoms with Crippen LogP contribution in [0.5, 0.6) is 0 Å². The van der Waals surface area contributed by atoms with Crippen LogP contribution in [-0.4, -0.2) is 8.80 Å². The maximum atomic E-state index is 12.3. The first-order valence-electron chi connectivity index (χ1n) is 9.21. The lowest BCUT2D eigenvalue weighted by Crippen LogP contribution is -2.28. The van der Waals surface area contributed by atoms with Crippen molar-refractivity contribution < 1.29 is 8.78 Å². The monoisotopic (exact) mass is 314 g/mol. The number of unbranched alkanes of at least 4 members (excludes halogenated alkanes) is 2. The molecular formula is C18H32F2Si. The quantitative estimate of drug-likeness (QED) is 0.393. The number of halogens is 2. The third-order valence-electron chi connectivity index (χ3n) is 5.95. The highest BCUT2D eigenvalue weighted by molar-refractivity contribution is 6.58. The van der Waals surface area contributed by atoms with Crippen LogP contribution in [0.4, 0.5) is 8.78 Å². The van der Waals surface area contributed by atoms with Gasteiger partial charge in [-0.25, -0.2) is 0 Å².